The number of aliphatic imine (C=N–C) groups is 1. The predicted molar refractivity (Wildman–Crippen MR) is 69.2 cm³/mol. The van der Waals surface area contributed by atoms with Crippen molar-refractivity contribution >= 4 is 23.2 Å². The van der Waals surface area contributed by atoms with Gasteiger partial charge < -0.3 is 4.74 Å². The van der Waals surface area contributed by atoms with Gasteiger partial charge in [0.05, 0.1) is 16.0 Å². The van der Waals surface area contributed by atoms with Crippen molar-refractivity contribution in [1.82, 2.24) is 0 Å². The Labute approximate surface area is 110 Å². The molecule has 0 N–H and O–H groups in total. The molecule has 0 bridgehead atoms. The highest BCUT2D eigenvalue weighted by Crippen LogP contribution is 2.34. The SMILES string of the molecule is CC1(C)COC(C(Cl)c2ccccc2[N+](=O)[O-])=N1. The zero-order chi connectivity index (χ0) is 13.3. The number of hydrogen-bond acceptors (Lipinski definition) is 4. The van der Waals surface area contributed by atoms with E-state index in [0.717, 1.165) is 0 Å². The summed E-state index contributed by atoms with van der Waals surface area (Å²) in [6.45, 7) is 4.28. The molecule has 1 atom stereocenters. The maximum atomic E-state index is 10.9. The van der Waals surface area contributed by atoms with Gasteiger partial charge in [-0.1, -0.05) is 18.2 Å². The van der Waals surface area contributed by atoms with Crippen LogP contribution in [0.15, 0.2) is 29.3 Å². The molecule has 6 heteroatoms. The van der Waals surface area contributed by atoms with Crippen molar-refractivity contribution in [2.24, 2.45) is 4.99 Å². The normalized spacial score (nSPS) is 18.9. The fourth-order valence-corrected chi connectivity index (χ4v) is 2.04. The second-order valence-electron chi connectivity index (χ2n) is 4.73. The van der Waals surface area contributed by atoms with Gasteiger partial charge in [-0.2, -0.15) is 0 Å². The van der Waals surface area contributed by atoms with Gasteiger partial charge in [-0.05, 0) is 13.8 Å². The minimum absolute atomic E-state index is 0.0199. The summed E-state index contributed by atoms with van der Waals surface area (Å²) in [6.07, 6.45) is 0. The molecule has 1 aliphatic heterocycles. The summed E-state index contributed by atoms with van der Waals surface area (Å²) >= 11 is 6.23. The van der Waals surface area contributed by atoms with Crippen molar-refractivity contribution in [3.63, 3.8) is 0 Å². The van der Waals surface area contributed by atoms with E-state index < -0.39 is 10.3 Å². The number of halogens is 1. The molecule has 1 aromatic carbocycles. The number of nitro benzene ring substituents is 1. The molecule has 0 aromatic heterocycles. The van der Waals surface area contributed by atoms with Crippen LogP contribution in [-0.2, 0) is 4.74 Å². The lowest BCUT2D eigenvalue weighted by molar-refractivity contribution is -0.385. The van der Waals surface area contributed by atoms with Crippen molar-refractivity contribution in [3.8, 4) is 0 Å². The van der Waals surface area contributed by atoms with E-state index in [-0.39, 0.29) is 11.2 Å². The molecule has 0 fully saturated rings. The molecule has 0 amide bonds. The largest absolute Gasteiger partial charge is 0.477 e. The zero-order valence-electron chi connectivity index (χ0n) is 10.1. The first-order chi connectivity index (χ1) is 8.41. The van der Waals surface area contributed by atoms with Crippen LogP contribution in [0.2, 0.25) is 0 Å². The molecule has 1 aromatic rings. The van der Waals surface area contributed by atoms with Gasteiger partial charge in [0.1, 0.15) is 12.0 Å². The summed E-state index contributed by atoms with van der Waals surface area (Å²) in [5.74, 6) is 0.343. The molecular formula is C12H13ClN2O3. The molecule has 0 saturated heterocycles. The predicted octanol–water partition coefficient (Wildman–Crippen LogP) is 3.08. The number of alkyl halides is 1. The van der Waals surface area contributed by atoms with Gasteiger partial charge in [0.25, 0.3) is 5.69 Å². The molecule has 18 heavy (non-hydrogen) atoms. The van der Waals surface area contributed by atoms with Gasteiger partial charge >= 0.3 is 0 Å². The van der Waals surface area contributed by atoms with Crippen LogP contribution in [0.5, 0.6) is 0 Å². The summed E-state index contributed by atoms with van der Waals surface area (Å²) in [7, 11) is 0. The van der Waals surface area contributed by atoms with Gasteiger partial charge in [0.15, 0.2) is 0 Å². The van der Waals surface area contributed by atoms with E-state index in [1.54, 1.807) is 18.2 Å². The quantitative estimate of drug-likeness (QED) is 0.481. The third-order valence-electron chi connectivity index (χ3n) is 2.61. The Morgan fingerprint density at radius 3 is 2.72 bits per heavy atom. The molecule has 0 spiro atoms. The first-order valence-corrected chi connectivity index (χ1v) is 5.94. The third-order valence-corrected chi connectivity index (χ3v) is 3.03. The molecular weight excluding hydrogens is 256 g/mol. The fourth-order valence-electron chi connectivity index (χ4n) is 1.74. The number of nitro groups is 1. The number of ether oxygens (including phenoxy) is 1. The van der Waals surface area contributed by atoms with Crippen molar-refractivity contribution < 1.29 is 9.66 Å². The van der Waals surface area contributed by atoms with Crippen LogP contribution in [0.1, 0.15) is 24.8 Å². The Kier molecular flexibility index (Phi) is 3.26. The molecule has 0 aliphatic carbocycles. The van der Waals surface area contributed by atoms with E-state index in [4.69, 9.17) is 16.3 Å². The highest BCUT2D eigenvalue weighted by Gasteiger charge is 2.33. The Hall–Kier alpha value is -1.62. The molecule has 1 aliphatic rings. The number of hydrogen-bond donors (Lipinski definition) is 0. The molecule has 1 heterocycles. The smallest absolute Gasteiger partial charge is 0.274 e. The zero-order valence-corrected chi connectivity index (χ0v) is 10.8. The van der Waals surface area contributed by atoms with Crippen LogP contribution in [0.3, 0.4) is 0 Å². The average molecular weight is 269 g/mol. The van der Waals surface area contributed by atoms with Crippen LogP contribution in [0.4, 0.5) is 5.69 Å². The third kappa shape index (κ3) is 2.46. The van der Waals surface area contributed by atoms with Gasteiger partial charge in [0, 0.05) is 6.07 Å². The van der Waals surface area contributed by atoms with Gasteiger partial charge in [-0.15, -0.1) is 11.6 Å². The molecule has 0 radical (unpaired) electrons. The van der Waals surface area contributed by atoms with Crippen molar-refractivity contribution in [3.05, 3.63) is 39.9 Å². The molecule has 0 saturated carbocycles. The second-order valence-corrected chi connectivity index (χ2v) is 5.17. The van der Waals surface area contributed by atoms with Crippen molar-refractivity contribution in [2.75, 3.05) is 6.61 Å². The Balaban J connectivity index is 2.36. The van der Waals surface area contributed by atoms with Crippen LogP contribution in [-0.4, -0.2) is 23.0 Å². The lowest BCUT2D eigenvalue weighted by Crippen LogP contribution is -2.17. The minimum Gasteiger partial charge on any atom is -0.477 e. The molecule has 96 valence electrons. The summed E-state index contributed by atoms with van der Waals surface area (Å²) in [5.41, 5.74) is 0.0561. The van der Waals surface area contributed by atoms with Crippen molar-refractivity contribution in [2.45, 2.75) is 24.8 Å². The monoisotopic (exact) mass is 268 g/mol. The van der Waals surface area contributed by atoms with E-state index in [1.807, 2.05) is 13.8 Å². The first-order valence-electron chi connectivity index (χ1n) is 5.51. The minimum atomic E-state index is -0.728. The maximum absolute atomic E-state index is 10.9. The van der Waals surface area contributed by atoms with E-state index in [9.17, 15) is 10.1 Å². The van der Waals surface area contributed by atoms with Gasteiger partial charge in [0.2, 0.25) is 5.90 Å². The number of nitrogens with zero attached hydrogens (tertiary/aromatic N) is 2. The lowest BCUT2D eigenvalue weighted by atomic mass is 10.1. The Bertz CT molecular complexity index is 514. The van der Waals surface area contributed by atoms with Crippen LogP contribution < -0.4 is 0 Å². The average Bonchev–Trinajstić information content (AvgIpc) is 2.68. The summed E-state index contributed by atoms with van der Waals surface area (Å²) in [4.78, 5) is 14.8. The van der Waals surface area contributed by atoms with E-state index >= 15 is 0 Å². The second kappa shape index (κ2) is 4.57. The molecule has 1 unspecified atom stereocenters. The highest BCUT2D eigenvalue weighted by molar-refractivity contribution is 6.31. The number of benzene rings is 1. The standard InChI is InChI=1S/C12H13ClN2O3/c1-12(2)7-18-11(14-12)10(13)8-5-3-4-6-9(8)15(16)17/h3-6,10H,7H2,1-2H3. The Morgan fingerprint density at radius 1 is 1.50 bits per heavy atom. The lowest BCUT2D eigenvalue weighted by Gasteiger charge is -2.09. The summed E-state index contributed by atoms with van der Waals surface area (Å²) in [6, 6.07) is 6.35. The van der Waals surface area contributed by atoms with Gasteiger partial charge in [-0.25, -0.2) is 4.99 Å². The van der Waals surface area contributed by atoms with E-state index in [2.05, 4.69) is 4.99 Å². The first kappa shape index (κ1) is 12.8. The Morgan fingerprint density at radius 2 is 2.17 bits per heavy atom. The van der Waals surface area contributed by atoms with Crippen molar-refractivity contribution in [1.29, 1.82) is 0 Å². The topological polar surface area (TPSA) is 64.7 Å². The van der Waals surface area contributed by atoms with Crippen LogP contribution in [0, 0.1) is 10.1 Å². The summed E-state index contributed by atoms with van der Waals surface area (Å²) < 4.78 is 5.41. The number of rotatable bonds is 3. The number of para-hydroxylation sites is 1. The van der Waals surface area contributed by atoms with Crippen LogP contribution in [0.25, 0.3) is 0 Å². The highest BCUT2D eigenvalue weighted by atomic mass is 35.5. The van der Waals surface area contributed by atoms with E-state index in [1.165, 1.54) is 6.07 Å². The van der Waals surface area contributed by atoms with E-state index in [0.29, 0.717) is 18.1 Å². The molecule has 5 nitrogen and oxygen atoms in total. The van der Waals surface area contributed by atoms with Gasteiger partial charge in [-0.3, -0.25) is 10.1 Å². The fraction of sp³-hybridized carbons (Fsp3) is 0.417. The molecule has 2 rings (SSSR count). The maximum Gasteiger partial charge on any atom is 0.274 e. The van der Waals surface area contributed by atoms with Crippen LogP contribution >= 0.6 is 11.6 Å². The summed E-state index contributed by atoms with van der Waals surface area (Å²) in [5, 5.41) is 10.2.